The van der Waals surface area contributed by atoms with Crippen molar-refractivity contribution >= 4 is 11.4 Å². The van der Waals surface area contributed by atoms with Gasteiger partial charge in [-0.2, -0.15) is 4.98 Å². The number of aromatic nitrogens is 3. The Morgan fingerprint density at radius 3 is 3.04 bits per heavy atom. The summed E-state index contributed by atoms with van der Waals surface area (Å²) in [5.74, 6) is 1.29. The van der Waals surface area contributed by atoms with Crippen LogP contribution >= 0.6 is 0 Å². The van der Waals surface area contributed by atoms with Crippen molar-refractivity contribution in [1.82, 2.24) is 19.4 Å². The highest BCUT2D eigenvalue weighted by Gasteiger charge is 2.32. The summed E-state index contributed by atoms with van der Waals surface area (Å²) in [5.41, 5.74) is 2.93. The molecular weight excluding hydrogens is 316 g/mol. The first-order valence-electron chi connectivity index (χ1n) is 8.88. The fourth-order valence-electron chi connectivity index (χ4n) is 3.56. The number of amides is 1. The highest BCUT2D eigenvalue weighted by Crippen LogP contribution is 2.31. The standard InChI is InChI=1S/C19H22N4O2/c1-3-17-20-18(21-25-17)15-8-4-5-10-23(15)19(24)14-11-16-13(2)7-6-9-22(16)12-14/h6-7,9,11-12,15H,3-5,8,10H2,1-2H3. The summed E-state index contributed by atoms with van der Waals surface area (Å²) < 4.78 is 7.27. The lowest BCUT2D eigenvalue weighted by atomic mass is 10.0. The van der Waals surface area contributed by atoms with Crippen LogP contribution in [-0.2, 0) is 6.42 Å². The predicted molar refractivity (Wildman–Crippen MR) is 93.4 cm³/mol. The number of carbonyl (C=O) groups excluding carboxylic acids is 1. The summed E-state index contributed by atoms with van der Waals surface area (Å²) in [6.45, 7) is 4.76. The Hall–Kier alpha value is -2.63. The topological polar surface area (TPSA) is 63.6 Å². The normalized spacial score (nSPS) is 18.0. The molecule has 0 radical (unpaired) electrons. The van der Waals surface area contributed by atoms with Gasteiger partial charge < -0.3 is 13.8 Å². The zero-order valence-electron chi connectivity index (χ0n) is 14.6. The van der Waals surface area contributed by atoms with Crippen molar-refractivity contribution in [3.8, 4) is 0 Å². The van der Waals surface area contributed by atoms with Gasteiger partial charge in [0.05, 0.1) is 11.6 Å². The van der Waals surface area contributed by atoms with Crippen molar-refractivity contribution in [2.24, 2.45) is 0 Å². The van der Waals surface area contributed by atoms with Crippen LogP contribution in [0.1, 0.15) is 59.9 Å². The van der Waals surface area contributed by atoms with E-state index < -0.39 is 0 Å². The minimum atomic E-state index is -0.102. The Balaban J connectivity index is 1.67. The Morgan fingerprint density at radius 2 is 2.28 bits per heavy atom. The summed E-state index contributed by atoms with van der Waals surface area (Å²) in [6, 6.07) is 5.91. The van der Waals surface area contributed by atoms with Gasteiger partial charge in [0.25, 0.3) is 5.91 Å². The highest BCUT2D eigenvalue weighted by atomic mass is 16.5. The molecule has 1 saturated heterocycles. The monoisotopic (exact) mass is 338 g/mol. The maximum absolute atomic E-state index is 13.2. The summed E-state index contributed by atoms with van der Waals surface area (Å²) in [7, 11) is 0. The lowest BCUT2D eigenvalue weighted by Gasteiger charge is -2.33. The van der Waals surface area contributed by atoms with Crippen LogP contribution < -0.4 is 0 Å². The highest BCUT2D eigenvalue weighted by molar-refractivity contribution is 5.96. The van der Waals surface area contributed by atoms with E-state index in [-0.39, 0.29) is 11.9 Å². The van der Waals surface area contributed by atoms with Crippen LogP contribution in [-0.4, -0.2) is 31.9 Å². The molecule has 0 N–H and O–H groups in total. The zero-order chi connectivity index (χ0) is 17.4. The number of fused-ring (bicyclic) bond motifs is 1. The third-order valence-electron chi connectivity index (χ3n) is 4.94. The van der Waals surface area contributed by atoms with Gasteiger partial charge in [-0.3, -0.25) is 4.79 Å². The molecule has 4 rings (SSSR count). The Bertz CT molecular complexity index is 911. The van der Waals surface area contributed by atoms with E-state index >= 15 is 0 Å². The molecule has 1 unspecified atom stereocenters. The Morgan fingerprint density at radius 1 is 1.40 bits per heavy atom. The smallest absolute Gasteiger partial charge is 0.256 e. The quantitative estimate of drug-likeness (QED) is 0.732. The molecule has 1 aliphatic rings. The Labute approximate surface area is 146 Å². The van der Waals surface area contributed by atoms with Crippen LogP contribution in [0.15, 0.2) is 35.1 Å². The second kappa shape index (κ2) is 6.35. The molecule has 25 heavy (non-hydrogen) atoms. The van der Waals surface area contributed by atoms with E-state index in [0.29, 0.717) is 23.7 Å². The second-order valence-electron chi connectivity index (χ2n) is 6.62. The molecule has 6 heteroatoms. The SMILES string of the molecule is CCc1nc(C2CCCCN2C(=O)c2cc3c(C)cccn3c2)no1. The predicted octanol–water partition coefficient (Wildman–Crippen LogP) is 3.56. The van der Waals surface area contributed by atoms with Crippen molar-refractivity contribution in [3.63, 3.8) is 0 Å². The van der Waals surface area contributed by atoms with Gasteiger partial charge in [0.2, 0.25) is 5.89 Å². The van der Waals surface area contributed by atoms with Gasteiger partial charge in [-0.1, -0.05) is 18.1 Å². The fraction of sp³-hybridized carbons (Fsp3) is 0.421. The summed E-state index contributed by atoms with van der Waals surface area (Å²) in [5, 5.41) is 4.11. The minimum absolute atomic E-state index is 0.0376. The molecular formula is C19H22N4O2. The van der Waals surface area contributed by atoms with Crippen LogP contribution in [0, 0.1) is 6.92 Å². The third-order valence-corrected chi connectivity index (χ3v) is 4.94. The van der Waals surface area contributed by atoms with Gasteiger partial charge in [0.1, 0.15) is 0 Å². The van der Waals surface area contributed by atoms with E-state index in [1.54, 1.807) is 0 Å². The molecule has 1 amide bonds. The maximum atomic E-state index is 13.2. The molecule has 0 spiro atoms. The number of hydrogen-bond acceptors (Lipinski definition) is 4. The van der Waals surface area contributed by atoms with Crippen LogP contribution in [0.5, 0.6) is 0 Å². The largest absolute Gasteiger partial charge is 0.339 e. The zero-order valence-corrected chi connectivity index (χ0v) is 14.6. The molecule has 0 aliphatic carbocycles. The number of likely N-dealkylation sites (tertiary alicyclic amines) is 1. The van der Waals surface area contributed by atoms with Crippen molar-refractivity contribution in [2.75, 3.05) is 6.54 Å². The van der Waals surface area contributed by atoms with Crippen LogP contribution in [0.25, 0.3) is 5.52 Å². The first-order valence-corrected chi connectivity index (χ1v) is 8.88. The van der Waals surface area contributed by atoms with E-state index in [2.05, 4.69) is 23.1 Å². The molecule has 6 nitrogen and oxygen atoms in total. The van der Waals surface area contributed by atoms with Crippen molar-refractivity contribution in [1.29, 1.82) is 0 Å². The van der Waals surface area contributed by atoms with E-state index in [1.165, 1.54) is 0 Å². The van der Waals surface area contributed by atoms with Gasteiger partial charge >= 0.3 is 0 Å². The minimum Gasteiger partial charge on any atom is -0.339 e. The molecule has 0 bridgehead atoms. The molecule has 3 aromatic rings. The van der Waals surface area contributed by atoms with Crippen molar-refractivity contribution in [2.45, 2.75) is 45.6 Å². The van der Waals surface area contributed by atoms with E-state index in [1.807, 2.05) is 40.8 Å². The number of nitrogens with zero attached hydrogens (tertiary/aromatic N) is 4. The van der Waals surface area contributed by atoms with Crippen LogP contribution in [0.2, 0.25) is 0 Å². The average Bonchev–Trinajstić information content (AvgIpc) is 3.29. The summed E-state index contributed by atoms with van der Waals surface area (Å²) in [4.78, 5) is 19.5. The number of aryl methyl sites for hydroxylation is 2. The number of piperidine rings is 1. The molecule has 1 aliphatic heterocycles. The van der Waals surface area contributed by atoms with Gasteiger partial charge in [0, 0.05) is 30.9 Å². The second-order valence-corrected chi connectivity index (χ2v) is 6.62. The average molecular weight is 338 g/mol. The number of hydrogen-bond donors (Lipinski definition) is 0. The summed E-state index contributed by atoms with van der Waals surface area (Å²) >= 11 is 0. The Kier molecular flexibility index (Phi) is 4.03. The first-order chi connectivity index (χ1) is 12.2. The number of carbonyl (C=O) groups is 1. The van der Waals surface area contributed by atoms with E-state index in [4.69, 9.17) is 4.52 Å². The third kappa shape index (κ3) is 2.81. The van der Waals surface area contributed by atoms with Crippen LogP contribution in [0.3, 0.4) is 0 Å². The van der Waals surface area contributed by atoms with E-state index in [9.17, 15) is 4.79 Å². The molecule has 3 aromatic heterocycles. The molecule has 0 aromatic carbocycles. The molecule has 1 atom stereocenters. The van der Waals surface area contributed by atoms with Crippen molar-refractivity contribution < 1.29 is 9.32 Å². The summed E-state index contributed by atoms with van der Waals surface area (Å²) in [6.07, 6.45) is 7.54. The molecule has 1 fully saturated rings. The van der Waals surface area contributed by atoms with Gasteiger partial charge in [-0.05, 0) is 43.9 Å². The maximum Gasteiger partial charge on any atom is 0.256 e. The molecule has 4 heterocycles. The van der Waals surface area contributed by atoms with Gasteiger partial charge in [-0.25, -0.2) is 0 Å². The van der Waals surface area contributed by atoms with Crippen LogP contribution in [0.4, 0.5) is 0 Å². The van der Waals surface area contributed by atoms with E-state index in [0.717, 1.165) is 36.9 Å². The first kappa shape index (κ1) is 15.9. The fourth-order valence-corrected chi connectivity index (χ4v) is 3.56. The lowest BCUT2D eigenvalue weighted by molar-refractivity contribution is 0.0597. The number of rotatable bonds is 3. The van der Waals surface area contributed by atoms with Gasteiger partial charge in [-0.15, -0.1) is 0 Å². The number of pyridine rings is 1. The molecule has 0 saturated carbocycles. The van der Waals surface area contributed by atoms with Gasteiger partial charge in [0.15, 0.2) is 5.82 Å². The van der Waals surface area contributed by atoms with Crippen molar-refractivity contribution in [3.05, 3.63) is 53.4 Å². The lowest BCUT2D eigenvalue weighted by Crippen LogP contribution is -2.38. The molecule has 130 valence electrons.